The molecule has 3 aromatic heterocycles. The van der Waals surface area contributed by atoms with E-state index in [0.29, 0.717) is 17.0 Å². The molecule has 0 aliphatic carbocycles. The fourth-order valence-corrected chi connectivity index (χ4v) is 3.14. The van der Waals surface area contributed by atoms with E-state index in [-0.39, 0.29) is 11.6 Å². The Hall–Kier alpha value is -3.35. The van der Waals surface area contributed by atoms with E-state index in [0.717, 1.165) is 22.8 Å². The average Bonchev–Trinajstić information content (AvgIpc) is 2.97. The third kappa shape index (κ3) is 2.48. The number of imidazole rings is 1. The summed E-state index contributed by atoms with van der Waals surface area (Å²) in [7, 11) is 0. The summed E-state index contributed by atoms with van der Waals surface area (Å²) in [5.41, 5.74) is 2.70. The molecule has 4 aromatic rings. The van der Waals surface area contributed by atoms with Gasteiger partial charge >= 0.3 is 5.69 Å². The van der Waals surface area contributed by atoms with Crippen LogP contribution in [0.2, 0.25) is 0 Å². The highest BCUT2D eigenvalue weighted by Crippen LogP contribution is 2.27. The zero-order valence-electron chi connectivity index (χ0n) is 14.4. The Morgan fingerprint density at radius 2 is 2.00 bits per heavy atom. The molecule has 0 radical (unpaired) electrons. The minimum atomic E-state index is -0.602. The first kappa shape index (κ1) is 16.1. The summed E-state index contributed by atoms with van der Waals surface area (Å²) >= 11 is 0. The number of nitrogens with zero attached hydrogens (tertiary/aromatic N) is 4. The van der Waals surface area contributed by atoms with Crippen molar-refractivity contribution >= 4 is 28.5 Å². The maximum Gasteiger partial charge on any atom is 0.329 e. The number of carbonyl (C=O) groups is 1. The molecule has 0 aliphatic heterocycles. The van der Waals surface area contributed by atoms with E-state index in [1.54, 1.807) is 12.4 Å². The number of aromatic nitrogens is 5. The Balaban J connectivity index is 1.98. The number of carbonyl (C=O) groups excluding carboxylic acids is 1. The number of nitrogens with one attached hydrogen (secondary N) is 1. The summed E-state index contributed by atoms with van der Waals surface area (Å²) in [6.45, 7) is 3.77. The molecule has 1 N–H and O–H groups in total. The molecular weight excluding hydrogens is 330 g/mol. The number of fused-ring (bicyclic) bond motifs is 2. The second-order valence-corrected chi connectivity index (χ2v) is 6.47. The van der Waals surface area contributed by atoms with Crippen LogP contribution in [-0.2, 0) is 4.79 Å². The van der Waals surface area contributed by atoms with Gasteiger partial charge in [-0.3, -0.25) is 14.5 Å². The maximum atomic E-state index is 12.4. The Bertz CT molecular complexity index is 1170. The average molecular weight is 347 g/mol. The van der Waals surface area contributed by atoms with Crippen molar-refractivity contribution in [3.8, 4) is 11.3 Å². The quantitative estimate of drug-likeness (QED) is 0.573. The van der Waals surface area contributed by atoms with Crippen LogP contribution in [0.5, 0.6) is 0 Å². The Kier molecular flexibility index (Phi) is 3.84. The highest BCUT2D eigenvalue weighted by Gasteiger charge is 2.22. The van der Waals surface area contributed by atoms with Crippen LogP contribution in [0.3, 0.4) is 0 Å². The molecule has 0 aliphatic rings. The fraction of sp³-hybridized carbons (Fsp3) is 0.211. The lowest BCUT2D eigenvalue weighted by molar-refractivity contribution is -0.111. The Labute approximate surface area is 148 Å². The summed E-state index contributed by atoms with van der Waals surface area (Å²) in [6.07, 6.45) is 4.13. The molecule has 0 amide bonds. The molecule has 26 heavy (non-hydrogen) atoms. The molecule has 0 fully saturated rings. The van der Waals surface area contributed by atoms with E-state index in [1.807, 2.05) is 44.2 Å². The van der Waals surface area contributed by atoms with E-state index in [9.17, 15) is 9.59 Å². The number of hydrogen-bond donors (Lipinski definition) is 1. The van der Waals surface area contributed by atoms with Crippen molar-refractivity contribution in [2.24, 2.45) is 5.92 Å². The van der Waals surface area contributed by atoms with Crippen molar-refractivity contribution in [2.75, 3.05) is 0 Å². The topological polar surface area (TPSA) is 93.5 Å². The number of H-pyrrole nitrogens is 1. The van der Waals surface area contributed by atoms with Crippen LogP contribution in [0.4, 0.5) is 0 Å². The van der Waals surface area contributed by atoms with Crippen molar-refractivity contribution in [2.45, 2.75) is 19.9 Å². The lowest BCUT2D eigenvalue weighted by atomic mass is 10.1. The SMILES string of the molecule is CC(C)C(C=O)n1c(=O)[nH]c2ncc(-c3cccc4ncccc34)nc21. The van der Waals surface area contributed by atoms with E-state index in [1.165, 1.54) is 4.57 Å². The van der Waals surface area contributed by atoms with Gasteiger partial charge in [-0.2, -0.15) is 0 Å². The molecule has 3 heterocycles. The molecule has 1 unspecified atom stereocenters. The van der Waals surface area contributed by atoms with E-state index in [4.69, 9.17) is 0 Å². The lowest BCUT2D eigenvalue weighted by Gasteiger charge is -2.15. The van der Waals surface area contributed by atoms with E-state index in [2.05, 4.69) is 19.9 Å². The van der Waals surface area contributed by atoms with Gasteiger partial charge in [0.05, 0.1) is 23.4 Å². The molecule has 7 nitrogen and oxygen atoms in total. The first-order chi connectivity index (χ1) is 12.6. The number of rotatable bonds is 4. The van der Waals surface area contributed by atoms with Gasteiger partial charge in [0.2, 0.25) is 0 Å². The van der Waals surface area contributed by atoms with Gasteiger partial charge < -0.3 is 4.79 Å². The van der Waals surface area contributed by atoms with Gasteiger partial charge in [0.1, 0.15) is 6.29 Å². The van der Waals surface area contributed by atoms with Gasteiger partial charge in [-0.25, -0.2) is 14.8 Å². The molecule has 1 aromatic carbocycles. The summed E-state index contributed by atoms with van der Waals surface area (Å²) in [6, 6.07) is 9.01. The smallest absolute Gasteiger partial charge is 0.301 e. The monoisotopic (exact) mass is 347 g/mol. The summed E-state index contributed by atoms with van der Waals surface area (Å²) in [5, 5.41) is 0.948. The number of aromatic amines is 1. The number of pyridine rings is 1. The molecule has 130 valence electrons. The molecule has 0 spiro atoms. The highest BCUT2D eigenvalue weighted by molar-refractivity contribution is 5.94. The van der Waals surface area contributed by atoms with Crippen LogP contribution in [0.25, 0.3) is 33.5 Å². The van der Waals surface area contributed by atoms with Crippen molar-refractivity contribution in [1.29, 1.82) is 0 Å². The Morgan fingerprint density at radius 3 is 2.77 bits per heavy atom. The number of aldehydes is 1. The second-order valence-electron chi connectivity index (χ2n) is 6.47. The molecule has 0 saturated carbocycles. The van der Waals surface area contributed by atoms with Gasteiger partial charge in [-0.15, -0.1) is 0 Å². The van der Waals surface area contributed by atoms with Crippen molar-refractivity contribution < 1.29 is 4.79 Å². The van der Waals surface area contributed by atoms with Gasteiger partial charge in [-0.1, -0.05) is 32.0 Å². The van der Waals surface area contributed by atoms with Crippen molar-refractivity contribution in [1.82, 2.24) is 24.5 Å². The third-order valence-electron chi connectivity index (χ3n) is 4.47. The minimum absolute atomic E-state index is 0.0450. The maximum absolute atomic E-state index is 12.4. The van der Waals surface area contributed by atoms with Crippen LogP contribution < -0.4 is 5.69 Å². The van der Waals surface area contributed by atoms with Crippen LogP contribution >= 0.6 is 0 Å². The number of hydrogen-bond acceptors (Lipinski definition) is 5. The molecule has 1 atom stereocenters. The van der Waals surface area contributed by atoms with E-state index < -0.39 is 6.04 Å². The molecule has 7 heteroatoms. The van der Waals surface area contributed by atoms with Gasteiger partial charge in [0, 0.05) is 17.1 Å². The summed E-state index contributed by atoms with van der Waals surface area (Å²) in [4.78, 5) is 39.9. The highest BCUT2D eigenvalue weighted by atomic mass is 16.1. The lowest BCUT2D eigenvalue weighted by Crippen LogP contribution is -2.27. The molecule has 0 bridgehead atoms. The van der Waals surface area contributed by atoms with Gasteiger partial charge in [-0.05, 0) is 18.1 Å². The first-order valence-electron chi connectivity index (χ1n) is 8.37. The Morgan fingerprint density at radius 1 is 1.15 bits per heavy atom. The minimum Gasteiger partial charge on any atom is -0.301 e. The first-order valence-corrected chi connectivity index (χ1v) is 8.37. The normalized spacial score (nSPS) is 12.7. The van der Waals surface area contributed by atoms with E-state index >= 15 is 0 Å². The van der Waals surface area contributed by atoms with Crippen LogP contribution in [0.15, 0.2) is 47.5 Å². The molecule has 4 rings (SSSR count). The van der Waals surface area contributed by atoms with Crippen LogP contribution in [-0.4, -0.2) is 30.8 Å². The molecular formula is C19H17N5O2. The molecule has 0 saturated heterocycles. The third-order valence-corrected chi connectivity index (χ3v) is 4.47. The van der Waals surface area contributed by atoms with Gasteiger partial charge in [0.15, 0.2) is 11.3 Å². The largest absolute Gasteiger partial charge is 0.329 e. The second kappa shape index (κ2) is 6.18. The van der Waals surface area contributed by atoms with Gasteiger partial charge in [0.25, 0.3) is 0 Å². The fourth-order valence-electron chi connectivity index (χ4n) is 3.14. The van der Waals surface area contributed by atoms with Crippen LogP contribution in [0.1, 0.15) is 19.9 Å². The van der Waals surface area contributed by atoms with Crippen molar-refractivity contribution in [3.05, 3.63) is 53.2 Å². The van der Waals surface area contributed by atoms with Crippen molar-refractivity contribution in [3.63, 3.8) is 0 Å². The summed E-state index contributed by atoms with van der Waals surface area (Å²) < 4.78 is 1.38. The predicted molar refractivity (Wildman–Crippen MR) is 98.8 cm³/mol. The van der Waals surface area contributed by atoms with Crippen LogP contribution in [0, 0.1) is 5.92 Å². The summed E-state index contributed by atoms with van der Waals surface area (Å²) in [5.74, 6) is -0.0450. The number of benzene rings is 1. The predicted octanol–water partition coefficient (Wildman–Crippen LogP) is 2.73. The standard InChI is InChI=1S/C19H17N5O2/c1-11(2)16(10-25)24-18-17(23-19(24)26)21-9-15(22-18)13-5-3-7-14-12(13)6-4-8-20-14/h3-11,16H,1-2H3,(H,21,23,26). The zero-order chi connectivity index (χ0) is 18.3. The zero-order valence-corrected chi connectivity index (χ0v) is 14.4.